The molecule has 1 radical (unpaired) electrons. The van der Waals surface area contributed by atoms with Crippen LogP contribution in [0.25, 0.3) is 44.3 Å². The van der Waals surface area contributed by atoms with Crippen LogP contribution in [0, 0.1) is 11.9 Å². The van der Waals surface area contributed by atoms with Gasteiger partial charge in [-0.25, -0.2) is 14.4 Å². The lowest BCUT2D eigenvalue weighted by Crippen LogP contribution is -2.56. The van der Waals surface area contributed by atoms with E-state index >= 15 is 4.39 Å². The number of rotatable bonds is 5. The molecule has 0 spiro atoms. The van der Waals surface area contributed by atoms with Crippen molar-refractivity contribution in [2.75, 3.05) is 26.2 Å². The second kappa shape index (κ2) is 10.4. The van der Waals surface area contributed by atoms with Crippen molar-refractivity contribution < 1.29 is 9.18 Å². The van der Waals surface area contributed by atoms with Crippen LogP contribution >= 0.6 is 0 Å². The lowest BCUT2D eigenvalue weighted by Gasteiger charge is -2.46. The smallest absolute Gasteiger partial charge is 0.253 e. The Morgan fingerprint density at radius 3 is 2.70 bits per heavy atom. The maximum atomic E-state index is 15.2. The van der Waals surface area contributed by atoms with Gasteiger partial charge in [-0.2, -0.15) is 5.10 Å². The average molecular weight is 572 g/mol. The number of nitrogens with one attached hydrogen (secondary N) is 1. The zero-order valence-electron chi connectivity index (χ0n) is 23.3. The summed E-state index contributed by atoms with van der Waals surface area (Å²) in [6.45, 7) is 3.01. The fourth-order valence-electron chi connectivity index (χ4n) is 6.29. The molecule has 2 aromatic carbocycles. The normalized spacial score (nSPS) is 16.6. The number of hydrogen-bond donors (Lipinski definition) is 1. The van der Waals surface area contributed by atoms with Gasteiger partial charge in [0.2, 0.25) is 0 Å². The van der Waals surface area contributed by atoms with Crippen LogP contribution in [0.15, 0.2) is 85.7 Å². The molecule has 0 saturated carbocycles. The maximum absolute atomic E-state index is 15.2. The van der Waals surface area contributed by atoms with Crippen LogP contribution in [-0.2, 0) is 0 Å². The van der Waals surface area contributed by atoms with Crippen molar-refractivity contribution >= 4 is 27.8 Å². The van der Waals surface area contributed by atoms with Gasteiger partial charge in [-0.1, -0.05) is 18.2 Å². The Hall–Kier alpha value is -4.96. The molecule has 2 fully saturated rings. The number of aromatic amines is 1. The molecule has 43 heavy (non-hydrogen) atoms. The molecule has 2 aliphatic heterocycles. The fraction of sp³-hybridized carbons (Fsp3) is 0.212. The lowest BCUT2D eigenvalue weighted by molar-refractivity contribution is 0.0514. The number of carbonyl (C=O) groups is 1. The van der Waals surface area contributed by atoms with Crippen molar-refractivity contribution in [1.29, 1.82) is 0 Å². The van der Waals surface area contributed by atoms with E-state index in [4.69, 9.17) is 0 Å². The Morgan fingerprint density at radius 1 is 0.953 bits per heavy atom. The summed E-state index contributed by atoms with van der Waals surface area (Å²) in [5, 5.41) is 6.52. The first-order chi connectivity index (χ1) is 21.1. The summed E-state index contributed by atoms with van der Waals surface area (Å²) in [5.74, 6) is -0.514. The number of fused-ring (bicyclic) bond motifs is 2. The molecule has 9 nitrogen and oxygen atoms in total. The van der Waals surface area contributed by atoms with Gasteiger partial charge in [-0.3, -0.25) is 19.4 Å². The summed E-state index contributed by atoms with van der Waals surface area (Å²) in [6.07, 6.45) is 10.8. The zero-order valence-corrected chi connectivity index (χ0v) is 23.3. The molecule has 0 aliphatic carbocycles. The summed E-state index contributed by atoms with van der Waals surface area (Å²) < 4.78 is 17.2. The number of halogens is 1. The van der Waals surface area contributed by atoms with Gasteiger partial charge < -0.3 is 9.88 Å². The van der Waals surface area contributed by atoms with Gasteiger partial charge in [-0.15, -0.1) is 0 Å². The van der Waals surface area contributed by atoms with E-state index in [1.807, 2.05) is 64.6 Å². The predicted octanol–water partition coefficient (Wildman–Crippen LogP) is 5.18. The van der Waals surface area contributed by atoms with Crippen LogP contribution in [-0.4, -0.2) is 77.6 Å². The third-order valence-corrected chi connectivity index (χ3v) is 8.70. The number of carbonyl (C=O) groups excluding carboxylic acids is 1. The number of pyridine rings is 1. The fourth-order valence-corrected chi connectivity index (χ4v) is 6.29. The van der Waals surface area contributed by atoms with Crippen molar-refractivity contribution in [1.82, 2.24) is 39.5 Å². The molecule has 0 unspecified atom stereocenters. The third kappa shape index (κ3) is 4.64. The number of aromatic nitrogens is 6. The van der Waals surface area contributed by atoms with Gasteiger partial charge in [0.05, 0.1) is 17.4 Å². The minimum absolute atomic E-state index is 0.118. The van der Waals surface area contributed by atoms with Gasteiger partial charge in [0, 0.05) is 78.3 Å². The maximum Gasteiger partial charge on any atom is 0.253 e. The number of piperidine rings is 1. The highest BCUT2D eigenvalue weighted by Gasteiger charge is 2.37. The number of hydrogen-bond acceptors (Lipinski definition) is 6. The number of benzene rings is 2. The van der Waals surface area contributed by atoms with Gasteiger partial charge in [0.25, 0.3) is 5.91 Å². The SMILES string of the molecule is O=C(c1ccc(-c2ccc3ncccc3c2)c(F)c1)N1CCC(N2C[C](n3cc(-c4ncnc5[nH]ccc45)cn3)C2)CC1. The second-order valence-corrected chi connectivity index (χ2v) is 11.2. The van der Waals surface area contributed by atoms with Crippen molar-refractivity contribution in [3.63, 3.8) is 0 Å². The van der Waals surface area contributed by atoms with Crippen molar-refractivity contribution in [3.8, 4) is 22.4 Å². The predicted molar refractivity (Wildman–Crippen MR) is 161 cm³/mol. The zero-order chi connectivity index (χ0) is 28.9. The van der Waals surface area contributed by atoms with E-state index in [9.17, 15) is 4.79 Å². The first-order valence-corrected chi connectivity index (χ1v) is 14.5. The lowest BCUT2D eigenvalue weighted by atomic mass is 9.96. The minimum atomic E-state index is -0.397. The molecule has 1 N–H and O–H groups in total. The Balaban J connectivity index is 0.875. The summed E-state index contributed by atoms with van der Waals surface area (Å²) in [7, 11) is 0. The van der Waals surface area contributed by atoms with E-state index in [0.29, 0.717) is 30.3 Å². The standard InChI is InChI=1S/C33H28FN8O/c34-29-15-23(3-5-27(29)21-4-6-30-22(14-21)2-1-10-35-30)33(43)40-12-8-25(9-13-40)41-18-26(19-41)42-17-24(16-39-42)31-28-7-11-36-32(28)38-20-37-31/h1-7,10-11,14-17,20,25H,8-9,12-13,18-19H2,(H,36,37,38). The molecule has 10 heteroatoms. The Labute approximate surface area is 247 Å². The largest absolute Gasteiger partial charge is 0.346 e. The average Bonchev–Trinajstić information content (AvgIpc) is 3.70. The van der Waals surface area contributed by atoms with Crippen LogP contribution in [0.2, 0.25) is 0 Å². The second-order valence-electron chi connectivity index (χ2n) is 11.2. The van der Waals surface area contributed by atoms with Crippen LogP contribution in [0.4, 0.5) is 4.39 Å². The van der Waals surface area contributed by atoms with E-state index < -0.39 is 5.82 Å². The van der Waals surface area contributed by atoms with Crippen LogP contribution in [0.1, 0.15) is 23.2 Å². The monoisotopic (exact) mass is 571 g/mol. The topological polar surface area (TPSA) is 95.8 Å². The summed E-state index contributed by atoms with van der Waals surface area (Å²) >= 11 is 0. The van der Waals surface area contributed by atoms with Crippen LogP contribution in [0.5, 0.6) is 0 Å². The van der Waals surface area contributed by atoms with Gasteiger partial charge in [0.1, 0.15) is 23.8 Å². The van der Waals surface area contributed by atoms with Gasteiger partial charge in [-0.05, 0) is 54.8 Å². The van der Waals surface area contributed by atoms with E-state index in [0.717, 1.165) is 64.7 Å². The number of likely N-dealkylation sites (tertiary alicyclic amines) is 2. The molecule has 0 atom stereocenters. The highest BCUT2D eigenvalue weighted by molar-refractivity contribution is 5.95. The van der Waals surface area contributed by atoms with Gasteiger partial charge >= 0.3 is 0 Å². The Kier molecular flexibility index (Phi) is 6.22. The van der Waals surface area contributed by atoms with Gasteiger partial charge in [0.15, 0.2) is 0 Å². The molecular formula is C33H28FN8O. The third-order valence-electron chi connectivity index (χ3n) is 8.70. The molecule has 2 aliphatic rings. The number of nitrogens with zero attached hydrogens (tertiary/aromatic N) is 7. The molecule has 6 heterocycles. The molecule has 2 saturated heterocycles. The highest BCUT2D eigenvalue weighted by atomic mass is 19.1. The quantitative estimate of drug-likeness (QED) is 0.307. The first kappa shape index (κ1) is 25.7. The molecule has 4 aromatic heterocycles. The van der Waals surface area contributed by atoms with E-state index in [1.54, 1.807) is 24.7 Å². The number of amides is 1. The summed E-state index contributed by atoms with van der Waals surface area (Å²) in [5.41, 5.74) is 5.13. The number of H-pyrrole nitrogens is 1. The van der Waals surface area contributed by atoms with Crippen molar-refractivity contribution in [3.05, 3.63) is 103 Å². The van der Waals surface area contributed by atoms with Crippen molar-refractivity contribution in [2.45, 2.75) is 18.9 Å². The molecule has 8 rings (SSSR count). The molecule has 213 valence electrons. The van der Waals surface area contributed by atoms with E-state index in [1.165, 1.54) is 12.1 Å². The molecule has 0 bridgehead atoms. The van der Waals surface area contributed by atoms with Crippen LogP contribution < -0.4 is 0 Å². The molecule has 1 amide bonds. The Morgan fingerprint density at radius 2 is 1.84 bits per heavy atom. The highest BCUT2D eigenvalue weighted by Crippen LogP contribution is 2.31. The minimum Gasteiger partial charge on any atom is -0.346 e. The van der Waals surface area contributed by atoms with E-state index in [-0.39, 0.29) is 5.91 Å². The van der Waals surface area contributed by atoms with E-state index in [2.05, 4.69) is 29.9 Å². The van der Waals surface area contributed by atoms with Crippen molar-refractivity contribution in [2.24, 2.45) is 0 Å². The molecule has 6 aromatic rings. The first-order valence-electron chi connectivity index (χ1n) is 14.5. The summed E-state index contributed by atoms with van der Waals surface area (Å²) in [4.78, 5) is 33.8. The molecular weight excluding hydrogens is 543 g/mol. The Bertz CT molecular complexity index is 1970. The van der Waals surface area contributed by atoms with Crippen LogP contribution in [0.3, 0.4) is 0 Å². The summed E-state index contributed by atoms with van der Waals surface area (Å²) in [6, 6.07) is 17.9.